The number of hydrogen-bond acceptors (Lipinski definition) is 7. The number of likely N-dealkylation sites (tertiary alicyclic amines) is 1. The Morgan fingerprint density at radius 3 is 2.45 bits per heavy atom. The highest BCUT2D eigenvalue weighted by Crippen LogP contribution is 2.22. The van der Waals surface area contributed by atoms with Crippen molar-refractivity contribution in [2.45, 2.75) is 25.7 Å². The van der Waals surface area contributed by atoms with Crippen LogP contribution in [-0.4, -0.2) is 67.5 Å². The minimum absolute atomic E-state index is 0.0240. The Kier molecular flexibility index (Phi) is 7.07. The van der Waals surface area contributed by atoms with Crippen LogP contribution in [0.1, 0.15) is 25.7 Å². The first-order valence-electron chi connectivity index (χ1n) is 11.0. The fourth-order valence-electron chi connectivity index (χ4n) is 4.05. The summed E-state index contributed by atoms with van der Waals surface area (Å²) in [6, 6.07) is 11.2. The Balaban J connectivity index is 1.21. The smallest absolute Gasteiger partial charge is 0.260 e. The molecule has 1 amide bonds. The van der Waals surface area contributed by atoms with Crippen LogP contribution in [0.4, 0.5) is 5.82 Å². The summed E-state index contributed by atoms with van der Waals surface area (Å²) < 4.78 is 16.7. The molecule has 2 aliphatic heterocycles. The molecule has 0 saturated carbocycles. The van der Waals surface area contributed by atoms with Gasteiger partial charge in [-0.15, -0.1) is 10.2 Å². The number of ether oxygens (including phenoxy) is 3. The molecule has 0 N–H and O–H groups in total. The normalized spacial score (nSPS) is 18.7. The number of amides is 1. The molecule has 1 unspecified atom stereocenters. The minimum atomic E-state index is -0.0282. The maximum absolute atomic E-state index is 12.6. The zero-order valence-electron chi connectivity index (χ0n) is 18.0. The van der Waals surface area contributed by atoms with E-state index in [1.54, 1.807) is 13.2 Å². The molecule has 0 radical (unpaired) electrons. The summed E-state index contributed by atoms with van der Waals surface area (Å²) in [7, 11) is 1.64. The van der Waals surface area contributed by atoms with Crippen LogP contribution in [0.2, 0.25) is 0 Å². The molecule has 166 valence electrons. The average molecular weight is 427 g/mol. The highest BCUT2D eigenvalue weighted by atomic mass is 16.5. The lowest BCUT2D eigenvalue weighted by molar-refractivity contribution is -0.135. The Bertz CT molecular complexity index is 838. The third kappa shape index (κ3) is 5.77. The Morgan fingerprint density at radius 2 is 1.74 bits per heavy atom. The molecule has 0 spiro atoms. The van der Waals surface area contributed by atoms with E-state index in [0.717, 1.165) is 49.8 Å². The Hall–Kier alpha value is -3.03. The van der Waals surface area contributed by atoms with Gasteiger partial charge in [0.25, 0.3) is 5.91 Å². The second kappa shape index (κ2) is 10.3. The van der Waals surface area contributed by atoms with Gasteiger partial charge in [0.2, 0.25) is 5.88 Å². The van der Waals surface area contributed by atoms with Crippen molar-refractivity contribution in [3.63, 3.8) is 0 Å². The van der Waals surface area contributed by atoms with Gasteiger partial charge in [0, 0.05) is 38.2 Å². The summed E-state index contributed by atoms with van der Waals surface area (Å²) in [6.07, 6.45) is 4.39. The monoisotopic (exact) mass is 426 g/mol. The molecule has 0 bridgehead atoms. The third-order valence-corrected chi connectivity index (χ3v) is 5.82. The molecule has 2 aromatic rings. The lowest BCUT2D eigenvalue weighted by Crippen LogP contribution is -2.43. The molecule has 8 heteroatoms. The first-order valence-corrected chi connectivity index (χ1v) is 11.0. The highest BCUT2D eigenvalue weighted by Gasteiger charge is 2.24. The lowest BCUT2D eigenvalue weighted by atomic mass is 9.99. The van der Waals surface area contributed by atoms with Crippen molar-refractivity contribution in [3.8, 4) is 17.4 Å². The summed E-state index contributed by atoms with van der Waals surface area (Å²) in [4.78, 5) is 16.7. The van der Waals surface area contributed by atoms with Gasteiger partial charge in [0.05, 0.1) is 13.7 Å². The molecule has 2 saturated heterocycles. The Morgan fingerprint density at radius 1 is 0.968 bits per heavy atom. The van der Waals surface area contributed by atoms with Gasteiger partial charge in [-0.25, -0.2) is 0 Å². The van der Waals surface area contributed by atoms with E-state index in [9.17, 15) is 4.79 Å². The second-order valence-corrected chi connectivity index (χ2v) is 8.05. The second-order valence-electron chi connectivity index (χ2n) is 8.05. The largest absolute Gasteiger partial charge is 0.497 e. The van der Waals surface area contributed by atoms with Gasteiger partial charge in [-0.05, 0) is 56.0 Å². The summed E-state index contributed by atoms with van der Waals surface area (Å²) in [5, 5.41) is 8.35. The topological polar surface area (TPSA) is 77.0 Å². The van der Waals surface area contributed by atoms with Crippen LogP contribution in [0.5, 0.6) is 17.4 Å². The molecule has 8 nitrogen and oxygen atoms in total. The summed E-state index contributed by atoms with van der Waals surface area (Å²) in [6.45, 7) is 4.03. The van der Waals surface area contributed by atoms with Gasteiger partial charge in [-0.1, -0.05) is 0 Å². The van der Waals surface area contributed by atoms with Crippen LogP contribution in [0, 0.1) is 5.92 Å². The quantitative estimate of drug-likeness (QED) is 0.642. The molecular formula is C23H30N4O4. The van der Waals surface area contributed by atoms with Crippen LogP contribution in [0.15, 0.2) is 36.4 Å². The molecule has 31 heavy (non-hydrogen) atoms. The first kappa shape index (κ1) is 21.2. The van der Waals surface area contributed by atoms with Crippen LogP contribution in [0.25, 0.3) is 0 Å². The number of nitrogens with zero attached hydrogens (tertiary/aromatic N) is 4. The zero-order chi connectivity index (χ0) is 21.5. The highest BCUT2D eigenvalue weighted by molar-refractivity contribution is 5.77. The molecule has 2 aliphatic rings. The Labute approximate surface area is 183 Å². The van der Waals surface area contributed by atoms with Gasteiger partial charge in [0.15, 0.2) is 12.4 Å². The first-order chi connectivity index (χ1) is 15.2. The van der Waals surface area contributed by atoms with Crippen LogP contribution in [-0.2, 0) is 4.79 Å². The van der Waals surface area contributed by atoms with Gasteiger partial charge in [0.1, 0.15) is 11.5 Å². The predicted octanol–water partition coefficient (Wildman–Crippen LogP) is 2.78. The van der Waals surface area contributed by atoms with E-state index in [1.165, 1.54) is 12.8 Å². The number of anilines is 1. The average Bonchev–Trinajstić information content (AvgIpc) is 3.37. The van der Waals surface area contributed by atoms with Crippen molar-refractivity contribution in [1.82, 2.24) is 15.1 Å². The van der Waals surface area contributed by atoms with Gasteiger partial charge in [-0.3, -0.25) is 4.79 Å². The van der Waals surface area contributed by atoms with Crippen molar-refractivity contribution in [2.24, 2.45) is 5.92 Å². The number of carbonyl (C=O) groups is 1. The maximum Gasteiger partial charge on any atom is 0.260 e. The number of benzene rings is 1. The summed E-state index contributed by atoms with van der Waals surface area (Å²) >= 11 is 0. The summed E-state index contributed by atoms with van der Waals surface area (Å²) in [5.41, 5.74) is 0. The number of aromatic nitrogens is 2. The van der Waals surface area contributed by atoms with Crippen molar-refractivity contribution in [3.05, 3.63) is 36.4 Å². The van der Waals surface area contributed by atoms with E-state index in [1.807, 2.05) is 35.2 Å². The molecule has 1 aromatic heterocycles. The van der Waals surface area contributed by atoms with E-state index in [2.05, 4.69) is 15.1 Å². The molecular weight excluding hydrogens is 396 g/mol. The minimum Gasteiger partial charge on any atom is -0.497 e. The van der Waals surface area contributed by atoms with Crippen molar-refractivity contribution >= 4 is 11.7 Å². The van der Waals surface area contributed by atoms with Crippen LogP contribution >= 0.6 is 0 Å². The van der Waals surface area contributed by atoms with E-state index in [-0.39, 0.29) is 12.5 Å². The van der Waals surface area contributed by atoms with Gasteiger partial charge < -0.3 is 24.0 Å². The number of methoxy groups -OCH3 is 1. The van der Waals surface area contributed by atoms with Crippen molar-refractivity contribution in [1.29, 1.82) is 0 Å². The summed E-state index contributed by atoms with van der Waals surface area (Å²) in [5.74, 6) is 3.14. The van der Waals surface area contributed by atoms with Crippen LogP contribution < -0.4 is 19.1 Å². The molecule has 1 atom stereocenters. The number of rotatable bonds is 8. The number of piperidine rings is 1. The number of carbonyl (C=O) groups excluding carboxylic acids is 1. The lowest BCUT2D eigenvalue weighted by Gasteiger charge is -2.32. The fourth-order valence-corrected chi connectivity index (χ4v) is 4.05. The van der Waals surface area contributed by atoms with E-state index < -0.39 is 0 Å². The van der Waals surface area contributed by atoms with Gasteiger partial charge in [-0.2, -0.15) is 0 Å². The molecule has 1 aromatic carbocycles. The van der Waals surface area contributed by atoms with Crippen LogP contribution in [0.3, 0.4) is 0 Å². The number of hydrogen-bond donors (Lipinski definition) is 0. The molecule has 2 fully saturated rings. The van der Waals surface area contributed by atoms with E-state index in [0.29, 0.717) is 24.9 Å². The SMILES string of the molecule is COc1ccc(OCC2CCCN(C(=O)COc3ccc(N4CCCC4)nn3)C2)cc1. The van der Waals surface area contributed by atoms with E-state index >= 15 is 0 Å². The fraction of sp³-hybridized carbons (Fsp3) is 0.522. The third-order valence-electron chi connectivity index (χ3n) is 5.82. The molecule has 3 heterocycles. The zero-order valence-corrected chi connectivity index (χ0v) is 18.0. The van der Waals surface area contributed by atoms with Gasteiger partial charge >= 0.3 is 0 Å². The maximum atomic E-state index is 12.6. The predicted molar refractivity (Wildman–Crippen MR) is 117 cm³/mol. The molecule has 4 rings (SSSR count). The standard InChI is InChI=1S/C23H30N4O4/c1-29-19-6-8-20(9-7-19)30-16-18-5-4-14-27(15-18)23(28)17-31-22-11-10-21(24-25-22)26-12-2-3-13-26/h6-11,18H,2-5,12-17H2,1H3. The molecule has 0 aliphatic carbocycles. The van der Waals surface area contributed by atoms with Crippen molar-refractivity contribution < 1.29 is 19.0 Å². The van der Waals surface area contributed by atoms with E-state index in [4.69, 9.17) is 14.2 Å². The van der Waals surface area contributed by atoms with Crippen molar-refractivity contribution in [2.75, 3.05) is 51.4 Å².